The van der Waals surface area contributed by atoms with Crippen molar-refractivity contribution >= 4 is 5.91 Å². The highest BCUT2D eigenvalue weighted by Gasteiger charge is 2.33. The van der Waals surface area contributed by atoms with Gasteiger partial charge in [0.25, 0.3) is 0 Å². The molecule has 122 valence electrons. The van der Waals surface area contributed by atoms with Gasteiger partial charge in [0.15, 0.2) is 0 Å². The zero-order valence-electron chi connectivity index (χ0n) is 14.6. The van der Waals surface area contributed by atoms with Crippen LogP contribution in [0.1, 0.15) is 66.7 Å². The molecule has 0 aromatic heterocycles. The van der Waals surface area contributed by atoms with Crippen molar-refractivity contribution in [1.29, 1.82) is 0 Å². The fraction of sp³-hybridized carbons (Fsp3) is 0.944. The first-order chi connectivity index (χ1) is 9.79. The second kappa shape index (κ2) is 6.68. The SMILES string of the molecule is CC1CCCC(NC2CCN(C(=O)C(C)(C)C)CC2)C1C. The predicted octanol–water partition coefficient (Wildman–Crippen LogP) is 3.44. The number of nitrogens with zero attached hydrogens (tertiary/aromatic N) is 1. The van der Waals surface area contributed by atoms with Gasteiger partial charge >= 0.3 is 0 Å². The Hall–Kier alpha value is -0.570. The van der Waals surface area contributed by atoms with Gasteiger partial charge in [-0.15, -0.1) is 0 Å². The molecule has 3 unspecified atom stereocenters. The van der Waals surface area contributed by atoms with Crippen LogP contribution in [-0.2, 0) is 4.79 Å². The number of likely N-dealkylation sites (tertiary alicyclic amines) is 1. The van der Waals surface area contributed by atoms with Gasteiger partial charge in [0.1, 0.15) is 0 Å². The highest BCUT2D eigenvalue weighted by Crippen LogP contribution is 2.30. The van der Waals surface area contributed by atoms with Crippen molar-refractivity contribution in [3.8, 4) is 0 Å². The van der Waals surface area contributed by atoms with Crippen molar-refractivity contribution < 1.29 is 4.79 Å². The standard InChI is InChI=1S/C18H34N2O/c1-13-7-6-8-16(14(13)2)19-15-9-11-20(12-10-15)17(21)18(3,4)5/h13-16,19H,6-12H2,1-5H3. The lowest BCUT2D eigenvalue weighted by Crippen LogP contribution is -2.52. The molecule has 1 aliphatic heterocycles. The molecule has 2 aliphatic rings. The number of hydrogen-bond donors (Lipinski definition) is 1. The summed E-state index contributed by atoms with van der Waals surface area (Å²) in [5.74, 6) is 1.94. The molecular formula is C18H34N2O. The summed E-state index contributed by atoms with van der Waals surface area (Å²) in [6.07, 6.45) is 6.30. The molecule has 2 rings (SSSR count). The summed E-state index contributed by atoms with van der Waals surface area (Å²) in [6, 6.07) is 1.29. The van der Waals surface area contributed by atoms with Crippen molar-refractivity contribution in [1.82, 2.24) is 10.2 Å². The number of carbonyl (C=O) groups excluding carboxylic acids is 1. The quantitative estimate of drug-likeness (QED) is 0.846. The average Bonchev–Trinajstić information content (AvgIpc) is 2.43. The minimum atomic E-state index is -0.242. The van der Waals surface area contributed by atoms with Crippen LogP contribution < -0.4 is 5.32 Å². The lowest BCUT2D eigenvalue weighted by atomic mass is 9.77. The van der Waals surface area contributed by atoms with Crippen LogP contribution in [0.5, 0.6) is 0 Å². The Balaban J connectivity index is 1.80. The van der Waals surface area contributed by atoms with Gasteiger partial charge in [-0.2, -0.15) is 0 Å². The summed E-state index contributed by atoms with van der Waals surface area (Å²) in [5.41, 5.74) is -0.242. The normalized spacial score (nSPS) is 32.2. The number of nitrogens with one attached hydrogen (secondary N) is 1. The van der Waals surface area contributed by atoms with Crippen molar-refractivity contribution in [2.45, 2.75) is 78.8 Å². The fourth-order valence-electron chi connectivity index (χ4n) is 3.84. The van der Waals surface area contributed by atoms with Crippen molar-refractivity contribution in [3.05, 3.63) is 0 Å². The van der Waals surface area contributed by atoms with Crippen LogP contribution in [0.25, 0.3) is 0 Å². The smallest absolute Gasteiger partial charge is 0.227 e. The Morgan fingerprint density at radius 2 is 1.67 bits per heavy atom. The molecule has 1 saturated heterocycles. The van der Waals surface area contributed by atoms with Crippen LogP contribution >= 0.6 is 0 Å². The first-order valence-electron chi connectivity index (χ1n) is 8.84. The van der Waals surface area contributed by atoms with Gasteiger partial charge in [-0.05, 0) is 31.1 Å². The van der Waals surface area contributed by atoms with Crippen molar-refractivity contribution in [3.63, 3.8) is 0 Å². The van der Waals surface area contributed by atoms with E-state index in [2.05, 4.69) is 24.1 Å². The van der Waals surface area contributed by atoms with E-state index in [1.54, 1.807) is 0 Å². The van der Waals surface area contributed by atoms with E-state index in [1.807, 2.05) is 20.8 Å². The summed E-state index contributed by atoms with van der Waals surface area (Å²) in [6.45, 7) is 12.7. The molecule has 0 aromatic rings. The molecule has 0 aromatic carbocycles. The fourth-order valence-corrected chi connectivity index (χ4v) is 3.84. The number of amides is 1. The van der Waals surface area contributed by atoms with Gasteiger partial charge in [0, 0.05) is 30.6 Å². The zero-order valence-corrected chi connectivity index (χ0v) is 14.6. The third-order valence-corrected chi connectivity index (χ3v) is 5.58. The van der Waals surface area contributed by atoms with E-state index in [1.165, 1.54) is 19.3 Å². The molecule has 3 atom stereocenters. The topological polar surface area (TPSA) is 32.3 Å². The molecule has 1 amide bonds. The maximum atomic E-state index is 12.3. The minimum Gasteiger partial charge on any atom is -0.342 e. The number of hydrogen-bond acceptors (Lipinski definition) is 2. The summed E-state index contributed by atoms with van der Waals surface area (Å²) < 4.78 is 0. The van der Waals surface area contributed by atoms with Crippen LogP contribution in [0, 0.1) is 17.3 Å². The largest absolute Gasteiger partial charge is 0.342 e. The highest BCUT2D eigenvalue weighted by molar-refractivity contribution is 5.81. The molecule has 2 fully saturated rings. The third-order valence-electron chi connectivity index (χ3n) is 5.58. The van der Waals surface area contributed by atoms with Crippen LogP contribution in [0.4, 0.5) is 0 Å². The maximum Gasteiger partial charge on any atom is 0.227 e. The van der Waals surface area contributed by atoms with Gasteiger partial charge in [0.2, 0.25) is 5.91 Å². The van der Waals surface area contributed by atoms with Gasteiger partial charge in [-0.1, -0.05) is 47.5 Å². The molecule has 3 nitrogen and oxygen atoms in total. The Labute approximate surface area is 130 Å². The number of carbonyl (C=O) groups is 1. The van der Waals surface area contributed by atoms with Gasteiger partial charge in [-0.3, -0.25) is 4.79 Å². The first-order valence-corrected chi connectivity index (χ1v) is 8.84. The van der Waals surface area contributed by atoms with Gasteiger partial charge in [-0.25, -0.2) is 0 Å². The van der Waals surface area contributed by atoms with E-state index in [0.29, 0.717) is 18.0 Å². The van der Waals surface area contributed by atoms with Crippen LogP contribution in [-0.4, -0.2) is 36.0 Å². The molecule has 1 N–H and O–H groups in total. The minimum absolute atomic E-state index is 0.242. The molecular weight excluding hydrogens is 260 g/mol. The molecule has 0 radical (unpaired) electrons. The maximum absolute atomic E-state index is 12.3. The van der Waals surface area contributed by atoms with E-state index >= 15 is 0 Å². The molecule has 3 heteroatoms. The Morgan fingerprint density at radius 1 is 1.05 bits per heavy atom. The van der Waals surface area contributed by atoms with E-state index in [0.717, 1.165) is 37.8 Å². The molecule has 21 heavy (non-hydrogen) atoms. The van der Waals surface area contributed by atoms with Gasteiger partial charge in [0.05, 0.1) is 0 Å². The lowest BCUT2D eigenvalue weighted by molar-refractivity contribution is -0.140. The zero-order chi connectivity index (χ0) is 15.6. The summed E-state index contributed by atoms with van der Waals surface area (Å²) in [4.78, 5) is 14.4. The molecule has 0 spiro atoms. The summed E-state index contributed by atoms with van der Waals surface area (Å²) >= 11 is 0. The van der Waals surface area contributed by atoms with Gasteiger partial charge < -0.3 is 10.2 Å². The monoisotopic (exact) mass is 294 g/mol. The Morgan fingerprint density at radius 3 is 2.24 bits per heavy atom. The molecule has 0 bridgehead atoms. The van der Waals surface area contributed by atoms with Crippen LogP contribution in [0.15, 0.2) is 0 Å². The van der Waals surface area contributed by atoms with Crippen LogP contribution in [0.3, 0.4) is 0 Å². The number of piperidine rings is 1. The second-order valence-corrected chi connectivity index (χ2v) is 8.36. The summed E-state index contributed by atoms with van der Waals surface area (Å²) in [5, 5.41) is 3.90. The second-order valence-electron chi connectivity index (χ2n) is 8.36. The Bertz CT molecular complexity index is 353. The average molecular weight is 294 g/mol. The lowest BCUT2D eigenvalue weighted by Gasteiger charge is -2.41. The third kappa shape index (κ3) is 4.21. The Kier molecular flexibility index (Phi) is 5.34. The molecule has 1 aliphatic carbocycles. The molecule has 1 heterocycles. The van der Waals surface area contributed by atoms with Crippen LogP contribution in [0.2, 0.25) is 0 Å². The van der Waals surface area contributed by atoms with E-state index in [9.17, 15) is 4.79 Å². The highest BCUT2D eigenvalue weighted by atomic mass is 16.2. The predicted molar refractivity (Wildman–Crippen MR) is 88.2 cm³/mol. The van der Waals surface area contributed by atoms with E-state index in [4.69, 9.17) is 0 Å². The summed E-state index contributed by atoms with van der Waals surface area (Å²) in [7, 11) is 0. The first kappa shape index (κ1) is 16.8. The van der Waals surface area contributed by atoms with E-state index in [-0.39, 0.29) is 5.41 Å². The van der Waals surface area contributed by atoms with Crippen molar-refractivity contribution in [2.24, 2.45) is 17.3 Å². The molecule has 1 saturated carbocycles. The van der Waals surface area contributed by atoms with Crippen molar-refractivity contribution in [2.75, 3.05) is 13.1 Å². The van der Waals surface area contributed by atoms with E-state index < -0.39 is 0 Å². The number of rotatable bonds is 2.